The molecule has 5 nitrogen and oxygen atoms in total. The van der Waals surface area contributed by atoms with Crippen LogP contribution in [0.2, 0.25) is 5.02 Å². The average molecular weight is 408 g/mol. The Morgan fingerprint density at radius 2 is 1.48 bits per heavy atom. The smallest absolute Gasteiger partial charge is 0.253 e. The van der Waals surface area contributed by atoms with E-state index < -0.39 is 0 Å². The first-order valence-corrected chi connectivity index (χ1v) is 9.08. The summed E-state index contributed by atoms with van der Waals surface area (Å²) in [6.45, 7) is 2.40. The van der Waals surface area contributed by atoms with Crippen molar-refractivity contribution in [3.05, 3.63) is 64.7 Å². The Labute approximate surface area is 170 Å². The Kier molecular flexibility index (Phi) is 7.51. The van der Waals surface area contributed by atoms with Gasteiger partial charge in [0.1, 0.15) is 0 Å². The molecule has 0 spiro atoms. The first kappa shape index (κ1) is 21.1. The van der Waals surface area contributed by atoms with Crippen LogP contribution in [0.3, 0.4) is 0 Å². The summed E-state index contributed by atoms with van der Waals surface area (Å²) in [7, 11) is 0. The van der Waals surface area contributed by atoms with Gasteiger partial charge in [0, 0.05) is 42.5 Å². The zero-order valence-electron chi connectivity index (χ0n) is 14.9. The number of rotatable bonds is 3. The Balaban J connectivity index is 0.00000261. The van der Waals surface area contributed by atoms with E-state index in [0.717, 1.165) is 12.0 Å². The van der Waals surface area contributed by atoms with Crippen LogP contribution in [0.25, 0.3) is 0 Å². The normalized spacial score (nSPS) is 14.3. The summed E-state index contributed by atoms with van der Waals surface area (Å²) >= 11 is 5.88. The van der Waals surface area contributed by atoms with Crippen LogP contribution < -0.4 is 5.73 Å². The van der Waals surface area contributed by atoms with Crippen LogP contribution in [0.4, 0.5) is 5.69 Å². The van der Waals surface area contributed by atoms with Crippen LogP contribution in [-0.4, -0.2) is 47.8 Å². The standard InChI is InChI=1S/C20H22ClN3O2.ClH/c21-17-6-4-16(5-7-17)20(26)24-11-1-10-23(12-13-24)19(25)14-15-2-8-18(22)9-3-15;/h2-9H,1,10-14,22H2;1H. The number of nitrogens with zero attached hydrogens (tertiary/aromatic N) is 2. The molecule has 0 bridgehead atoms. The lowest BCUT2D eigenvalue weighted by atomic mass is 10.1. The number of carbonyl (C=O) groups excluding carboxylic acids is 2. The van der Waals surface area contributed by atoms with Gasteiger partial charge in [-0.3, -0.25) is 9.59 Å². The monoisotopic (exact) mass is 407 g/mol. The first-order chi connectivity index (χ1) is 12.5. The van der Waals surface area contributed by atoms with Gasteiger partial charge in [-0.05, 0) is 48.4 Å². The van der Waals surface area contributed by atoms with E-state index in [2.05, 4.69) is 0 Å². The highest BCUT2D eigenvalue weighted by Gasteiger charge is 2.22. The minimum atomic E-state index is -0.0190. The molecule has 0 saturated carbocycles. The summed E-state index contributed by atoms with van der Waals surface area (Å²) in [5.74, 6) is 0.0602. The van der Waals surface area contributed by atoms with Gasteiger partial charge in [0.15, 0.2) is 0 Å². The van der Waals surface area contributed by atoms with Crippen molar-refractivity contribution < 1.29 is 9.59 Å². The molecule has 2 aromatic carbocycles. The van der Waals surface area contributed by atoms with Gasteiger partial charge in [-0.2, -0.15) is 0 Å². The van der Waals surface area contributed by atoms with E-state index in [-0.39, 0.29) is 24.2 Å². The number of hydrogen-bond acceptors (Lipinski definition) is 3. The minimum absolute atomic E-state index is 0. The van der Waals surface area contributed by atoms with Crippen LogP contribution in [0.15, 0.2) is 48.5 Å². The Morgan fingerprint density at radius 3 is 2.15 bits per heavy atom. The fourth-order valence-electron chi connectivity index (χ4n) is 3.07. The van der Waals surface area contributed by atoms with E-state index >= 15 is 0 Å². The quantitative estimate of drug-likeness (QED) is 0.793. The number of anilines is 1. The average Bonchev–Trinajstić information content (AvgIpc) is 2.90. The summed E-state index contributed by atoms with van der Waals surface area (Å²) in [6.07, 6.45) is 1.12. The van der Waals surface area contributed by atoms with Crippen LogP contribution in [0.5, 0.6) is 0 Å². The zero-order chi connectivity index (χ0) is 18.5. The molecule has 0 aliphatic carbocycles. The molecule has 1 aliphatic rings. The minimum Gasteiger partial charge on any atom is -0.399 e. The second kappa shape index (κ2) is 9.62. The molecule has 0 radical (unpaired) electrons. The maximum Gasteiger partial charge on any atom is 0.253 e. The molecule has 27 heavy (non-hydrogen) atoms. The summed E-state index contributed by atoms with van der Waals surface area (Å²) in [5, 5.41) is 0.608. The molecule has 0 aromatic heterocycles. The van der Waals surface area contributed by atoms with Crippen LogP contribution in [-0.2, 0) is 11.2 Å². The highest BCUT2D eigenvalue weighted by Crippen LogP contribution is 2.14. The largest absolute Gasteiger partial charge is 0.399 e. The van der Waals surface area contributed by atoms with Crippen molar-refractivity contribution in [2.45, 2.75) is 12.8 Å². The summed E-state index contributed by atoms with van der Waals surface area (Å²) in [5.41, 5.74) is 7.94. The highest BCUT2D eigenvalue weighted by molar-refractivity contribution is 6.30. The van der Waals surface area contributed by atoms with Gasteiger partial charge in [-0.25, -0.2) is 0 Å². The lowest BCUT2D eigenvalue weighted by molar-refractivity contribution is -0.130. The van der Waals surface area contributed by atoms with Crippen LogP contribution in [0, 0.1) is 0 Å². The predicted molar refractivity (Wildman–Crippen MR) is 110 cm³/mol. The highest BCUT2D eigenvalue weighted by atomic mass is 35.5. The predicted octanol–water partition coefficient (Wildman–Crippen LogP) is 3.26. The molecule has 2 N–H and O–H groups in total. The molecule has 0 unspecified atom stereocenters. The van der Waals surface area contributed by atoms with Crippen molar-refractivity contribution in [1.29, 1.82) is 0 Å². The fourth-order valence-corrected chi connectivity index (χ4v) is 3.19. The van der Waals surface area contributed by atoms with Gasteiger partial charge in [0.25, 0.3) is 5.91 Å². The van der Waals surface area contributed by atoms with Gasteiger partial charge in [-0.1, -0.05) is 23.7 Å². The first-order valence-electron chi connectivity index (χ1n) is 8.70. The molecular formula is C20H23Cl2N3O2. The number of hydrogen-bond donors (Lipinski definition) is 1. The number of benzene rings is 2. The molecule has 144 valence electrons. The summed E-state index contributed by atoms with van der Waals surface area (Å²) in [4.78, 5) is 28.8. The lowest BCUT2D eigenvalue weighted by Crippen LogP contribution is -2.38. The number of nitrogen functional groups attached to an aromatic ring is 1. The Hall–Kier alpha value is -2.24. The van der Waals surface area contributed by atoms with E-state index in [1.807, 2.05) is 17.0 Å². The molecule has 1 saturated heterocycles. The van der Waals surface area contributed by atoms with Crippen molar-refractivity contribution in [3.8, 4) is 0 Å². The van der Waals surface area contributed by atoms with Gasteiger partial charge < -0.3 is 15.5 Å². The molecule has 3 rings (SSSR count). The third-order valence-electron chi connectivity index (χ3n) is 4.56. The van der Waals surface area contributed by atoms with Gasteiger partial charge in [0.05, 0.1) is 6.42 Å². The third-order valence-corrected chi connectivity index (χ3v) is 4.81. The maximum absolute atomic E-state index is 12.6. The van der Waals surface area contributed by atoms with Crippen LogP contribution in [0.1, 0.15) is 22.3 Å². The van der Waals surface area contributed by atoms with Crippen LogP contribution >= 0.6 is 24.0 Å². The van der Waals surface area contributed by atoms with E-state index in [0.29, 0.717) is 48.9 Å². The number of halogens is 2. The Morgan fingerprint density at radius 1 is 0.889 bits per heavy atom. The second-order valence-electron chi connectivity index (χ2n) is 6.45. The molecule has 0 atom stereocenters. The topological polar surface area (TPSA) is 66.6 Å². The van der Waals surface area contributed by atoms with E-state index in [4.69, 9.17) is 17.3 Å². The number of amides is 2. The second-order valence-corrected chi connectivity index (χ2v) is 6.89. The van der Waals surface area contributed by atoms with Crippen molar-refractivity contribution in [2.24, 2.45) is 0 Å². The molecule has 7 heteroatoms. The van der Waals surface area contributed by atoms with Gasteiger partial charge in [0.2, 0.25) is 5.91 Å². The van der Waals surface area contributed by atoms with E-state index in [1.54, 1.807) is 41.3 Å². The number of carbonyl (C=O) groups is 2. The van der Waals surface area contributed by atoms with Gasteiger partial charge >= 0.3 is 0 Å². The van der Waals surface area contributed by atoms with Crippen molar-refractivity contribution in [2.75, 3.05) is 31.9 Å². The molecule has 2 aromatic rings. The summed E-state index contributed by atoms with van der Waals surface area (Å²) < 4.78 is 0. The van der Waals surface area contributed by atoms with Gasteiger partial charge in [-0.15, -0.1) is 12.4 Å². The molecule has 1 aliphatic heterocycles. The molecular weight excluding hydrogens is 385 g/mol. The third kappa shape index (κ3) is 5.62. The summed E-state index contributed by atoms with van der Waals surface area (Å²) in [6, 6.07) is 14.3. The maximum atomic E-state index is 12.6. The molecule has 1 fully saturated rings. The Bertz CT molecular complexity index is 779. The van der Waals surface area contributed by atoms with E-state index in [1.165, 1.54) is 0 Å². The molecule has 1 heterocycles. The van der Waals surface area contributed by atoms with E-state index in [9.17, 15) is 9.59 Å². The SMILES string of the molecule is Cl.Nc1ccc(CC(=O)N2CCCN(C(=O)c3ccc(Cl)cc3)CC2)cc1. The fraction of sp³-hybridized carbons (Fsp3) is 0.300. The molecule has 2 amide bonds. The van der Waals surface area contributed by atoms with Crippen molar-refractivity contribution >= 4 is 41.5 Å². The zero-order valence-corrected chi connectivity index (χ0v) is 16.5. The number of nitrogens with two attached hydrogens (primary N) is 1. The van der Waals surface area contributed by atoms with Crippen molar-refractivity contribution in [3.63, 3.8) is 0 Å². The lowest BCUT2D eigenvalue weighted by Gasteiger charge is -2.22. The van der Waals surface area contributed by atoms with Crippen molar-refractivity contribution in [1.82, 2.24) is 9.80 Å².